The average Bonchev–Trinajstić information content (AvgIpc) is 2.88. The summed E-state index contributed by atoms with van der Waals surface area (Å²) in [5, 5.41) is 9.61. The van der Waals surface area contributed by atoms with Gasteiger partial charge in [0.15, 0.2) is 0 Å². The van der Waals surface area contributed by atoms with Gasteiger partial charge in [0.05, 0.1) is 17.6 Å². The van der Waals surface area contributed by atoms with Gasteiger partial charge in [-0.2, -0.15) is 0 Å². The Bertz CT molecular complexity index is 594. The van der Waals surface area contributed by atoms with Gasteiger partial charge >= 0.3 is 5.97 Å². The molecular weight excluding hydrogens is 340 g/mol. The molecule has 1 amide bonds. The van der Waals surface area contributed by atoms with Crippen LogP contribution >= 0.6 is 15.9 Å². The summed E-state index contributed by atoms with van der Waals surface area (Å²) < 4.78 is 6.01. The zero-order valence-electron chi connectivity index (χ0n) is 11.3. The fourth-order valence-corrected chi connectivity index (χ4v) is 3.59. The number of fused-ring (bicyclic) bond motifs is 1. The zero-order chi connectivity index (χ0) is 15.0. The van der Waals surface area contributed by atoms with E-state index in [0.29, 0.717) is 36.2 Å². The highest BCUT2D eigenvalue weighted by Crippen LogP contribution is 2.43. The lowest BCUT2D eigenvalue weighted by Crippen LogP contribution is -2.45. The van der Waals surface area contributed by atoms with Gasteiger partial charge in [-0.15, -0.1) is 0 Å². The third kappa shape index (κ3) is 2.34. The van der Waals surface area contributed by atoms with Crippen LogP contribution in [0.25, 0.3) is 0 Å². The van der Waals surface area contributed by atoms with Crippen LogP contribution in [0.15, 0.2) is 22.9 Å². The number of carbonyl (C=O) groups excluding carboxylic acids is 1. The molecule has 0 spiro atoms. The number of ether oxygens (including phenoxy) is 1. The summed E-state index contributed by atoms with van der Waals surface area (Å²) in [7, 11) is 0. The van der Waals surface area contributed by atoms with E-state index in [2.05, 4.69) is 20.9 Å². The molecule has 21 heavy (non-hydrogen) atoms. The highest BCUT2D eigenvalue weighted by molar-refractivity contribution is 9.10. The first-order valence-corrected chi connectivity index (χ1v) is 7.54. The highest BCUT2D eigenvalue weighted by atomic mass is 79.9. The fraction of sp³-hybridized carbons (Fsp3) is 0.500. The summed E-state index contributed by atoms with van der Waals surface area (Å²) in [6.07, 6.45) is 3.57. The van der Waals surface area contributed by atoms with Crippen molar-refractivity contribution >= 4 is 27.8 Å². The second-order valence-electron chi connectivity index (χ2n) is 5.52. The van der Waals surface area contributed by atoms with Gasteiger partial charge in [0.2, 0.25) is 0 Å². The van der Waals surface area contributed by atoms with Crippen LogP contribution < -0.4 is 0 Å². The van der Waals surface area contributed by atoms with Gasteiger partial charge in [-0.1, -0.05) is 0 Å². The number of rotatable bonds is 2. The number of likely N-dealkylation sites (tertiary alicyclic amines) is 1. The lowest BCUT2D eigenvalue weighted by Gasteiger charge is -2.33. The Balaban J connectivity index is 1.87. The molecule has 0 unspecified atom stereocenters. The number of amides is 1. The van der Waals surface area contributed by atoms with Crippen molar-refractivity contribution in [3.05, 3.63) is 28.5 Å². The Morgan fingerprint density at radius 2 is 2.33 bits per heavy atom. The number of carbonyl (C=O) groups is 2. The molecule has 3 rings (SSSR count). The normalized spacial score (nSPS) is 28.2. The number of carboxylic acids is 1. The van der Waals surface area contributed by atoms with Crippen LogP contribution in [-0.2, 0) is 9.53 Å². The predicted octanol–water partition coefficient (Wildman–Crippen LogP) is 1.41. The SMILES string of the molecule is O=C(c1ccncc1Br)N1C[C@H]2COCC[C@@]2(C(=O)O)C1. The van der Waals surface area contributed by atoms with Gasteiger partial charge < -0.3 is 14.7 Å². The van der Waals surface area contributed by atoms with Crippen LogP contribution in [0.2, 0.25) is 0 Å². The van der Waals surface area contributed by atoms with Crippen molar-refractivity contribution in [2.75, 3.05) is 26.3 Å². The van der Waals surface area contributed by atoms with Gasteiger partial charge in [-0.25, -0.2) is 0 Å². The van der Waals surface area contributed by atoms with Crippen LogP contribution in [0.5, 0.6) is 0 Å². The number of hydrogen-bond donors (Lipinski definition) is 1. The number of hydrogen-bond acceptors (Lipinski definition) is 4. The third-order valence-electron chi connectivity index (χ3n) is 4.42. The van der Waals surface area contributed by atoms with Gasteiger partial charge in [-0.05, 0) is 28.4 Å². The second-order valence-corrected chi connectivity index (χ2v) is 6.38. The smallest absolute Gasteiger partial charge is 0.311 e. The summed E-state index contributed by atoms with van der Waals surface area (Å²) >= 11 is 3.31. The van der Waals surface area contributed by atoms with E-state index in [9.17, 15) is 14.7 Å². The number of aromatic nitrogens is 1. The van der Waals surface area contributed by atoms with E-state index >= 15 is 0 Å². The van der Waals surface area contributed by atoms with E-state index < -0.39 is 11.4 Å². The minimum Gasteiger partial charge on any atom is -0.481 e. The van der Waals surface area contributed by atoms with Gasteiger partial charge in [0, 0.05) is 42.5 Å². The first kappa shape index (κ1) is 14.5. The Hall–Kier alpha value is -1.47. The minimum atomic E-state index is -0.868. The Morgan fingerprint density at radius 3 is 3.00 bits per heavy atom. The Morgan fingerprint density at radius 1 is 1.52 bits per heavy atom. The summed E-state index contributed by atoms with van der Waals surface area (Å²) in [6, 6.07) is 1.64. The number of pyridine rings is 1. The fourth-order valence-electron chi connectivity index (χ4n) is 3.17. The van der Waals surface area contributed by atoms with Crippen molar-refractivity contribution in [3.63, 3.8) is 0 Å². The maximum Gasteiger partial charge on any atom is 0.311 e. The topological polar surface area (TPSA) is 79.7 Å². The summed E-state index contributed by atoms with van der Waals surface area (Å²) in [5.74, 6) is -1.15. The van der Waals surface area contributed by atoms with Crippen LogP contribution in [0.4, 0.5) is 0 Å². The van der Waals surface area contributed by atoms with Crippen molar-refractivity contribution in [2.45, 2.75) is 6.42 Å². The van der Waals surface area contributed by atoms with Crippen LogP contribution in [-0.4, -0.2) is 53.2 Å². The van der Waals surface area contributed by atoms with Crippen LogP contribution in [0, 0.1) is 11.3 Å². The molecule has 2 atom stereocenters. The molecule has 2 aliphatic rings. The van der Waals surface area contributed by atoms with E-state index in [0.717, 1.165) is 0 Å². The van der Waals surface area contributed by atoms with Crippen molar-refractivity contribution in [3.8, 4) is 0 Å². The van der Waals surface area contributed by atoms with Crippen molar-refractivity contribution < 1.29 is 19.4 Å². The first-order chi connectivity index (χ1) is 10.0. The minimum absolute atomic E-state index is 0.145. The van der Waals surface area contributed by atoms with Crippen LogP contribution in [0.1, 0.15) is 16.8 Å². The number of carboxylic acid groups (broad SMARTS) is 1. The van der Waals surface area contributed by atoms with E-state index in [4.69, 9.17) is 4.74 Å². The monoisotopic (exact) mass is 354 g/mol. The first-order valence-electron chi connectivity index (χ1n) is 6.74. The van der Waals surface area contributed by atoms with Crippen molar-refractivity contribution in [1.82, 2.24) is 9.88 Å². The highest BCUT2D eigenvalue weighted by Gasteiger charge is 2.55. The molecule has 0 aromatic carbocycles. The molecule has 0 saturated carbocycles. The van der Waals surface area contributed by atoms with E-state index in [1.54, 1.807) is 23.4 Å². The lowest BCUT2D eigenvalue weighted by molar-refractivity contribution is -0.157. The largest absolute Gasteiger partial charge is 0.481 e. The summed E-state index contributed by atoms with van der Waals surface area (Å²) in [5.41, 5.74) is -0.363. The molecule has 0 radical (unpaired) electrons. The van der Waals surface area contributed by atoms with E-state index in [-0.39, 0.29) is 18.4 Å². The van der Waals surface area contributed by atoms with E-state index in [1.807, 2.05) is 0 Å². The second kappa shape index (κ2) is 5.38. The third-order valence-corrected chi connectivity index (χ3v) is 5.05. The molecule has 2 aliphatic heterocycles. The standard InChI is InChI=1S/C14H15BrN2O4/c15-11-5-16-3-1-10(11)12(18)17-6-9-7-21-4-2-14(9,8-17)13(19)20/h1,3,5,9H,2,4,6-8H2,(H,19,20)/t9-,14+/m0/s1. The maximum atomic E-state index is 12.6. The average molecular weight is 355 g/mol. The summed E-state index contributed by atoms with van der Waals surface area (Å²) in [4.78, 5) is 29.9. The molecular formula is C14H15BrN2O4. The molecule has 0 aliphatic carbocycles. The number of halogens is 1. The molecule has 1 aromatic heterocycles. The van der Waals surface area contributed by atoms with Gasteiger partial charge in [0.1, 0.15) is 0 Å². The van der Waals surface area contributed by atoms with Crippen molar-refractivity contribution in [2.24, 2.45) is 11.3 Å². The molecule has 2 saturated heterocycles. The Labute approximate surface area is 130 Å². The zero-order valence-corrected chi connectivity index (χ0v) is 12.9. The van der Waals surface area contributed by atoms with Crippen LogP contribution in [0.3, 0.4) is 0 Å². The predicted molar refractivity (Wildman–Crippen MR) is 76.8 cm³/mol. The van der Waals surface area contributed by atoms with Gasteiger partial charge in [0.25, 0.3) is 5.91 Å². The molecule has 1 aromatic rings. The quantitative estimate of drug-likeness (QED) is 0.868. The number of nitrogens with zero attached hydrogens (tertiary/aromatic N) is 2. The van der Waals surface area contributed by atoms with Gasteiger partial charge in [-0.3, -0.25) is 14.6 Å². The molecule has 0 bridgehead atoms. The molecule has 2 fully saturated rings. The summed E-state index contributed by atoms with van der Waals surface area (Å²) in [6.45, 7) is 1.49. The lowest BCUT2D eigenvalue weighted by atomic mass is 9.74. The molecule has 112 valence electrons. The molecule has 7 heteroatoms. The molecule has 1 N–H and O–H groups in total. The molecule has 6 nitrogen and oxygen atoms in total. The Kier molecular flexibility index (Phi) is 3.71. The molecule has 3 heterocycles. The van der Waals surface area contributed by atoms with Crippen molar-refractivity contribution in [1.29, 1.82) is 0 Å². The maximum absolute atomic E-state index is 12.6. The van der Waals surface area contributed by atoms with E-state index in [1.165, 1.54) is 0 Å². The number of aliphatic carboxylic acids is 1.